The highest BCUT2D eigenvalue weighted by molar-refractivity contribution is 5.87. The van der Waals surface area contributed by atoms with Crippen LogP contribution in [0.2, 0.25) is 0 Å². The summed E-state index contributed by atoms with van der Waals surface area (Å²) in [5.74, 6) is -0.0844. The summed E-state index contributed by atoms with van der Waals surface area (Å²) in [6, 6.07) is 7.41. The number of carbonyl (C=O) groups is 2. The van der Waals surface area contributed by atoms with Gasteiger partial charge >= 0.3 is 6.03 Å². The lowest BCUT2D eigenvalue weighted by molar-refractivity contribution is -0.122. The maximum absolute atomic E-state index is 12.3. The van der Waals surface area contributed by atoms with Crippen molar-refractivity contribution in [2.75, 3.05) is 32.6 Å². The van der Waals surface area contributed by atoms with E-state index >= 15 is 0 Å². The molecule has 1 aliphatic heterocycles. The van der Waals surface area contributed by atoms with Crippen molar-refractivity contribution in [3.8, 4) is 0 Å². The minimum Gasteiger partial charge on any atom is -0.378 e. The molecule has 0 radical (unpaired) electrons. The molecule has 0 aromatic heterocycles. The van der Waals surface area contributed by atoms with Crippen molar-refractivity contribution >= 4 is 17.6 Å². The first-order valence-corrected chi connectivity index (χ1v) is 8.03. The van der Waals surface area contributed by atoms with Crippen LogP contribution in [-0.4, -0.2) is 50.6 Å². The van der Waals surface area contributed by atoms with E-state index < -0.39 is 6.04 Å². The monoisotopic (exact) mass is 318 g/mol. The van der Waals surface area contributed by atoms with Crippen molar-refractivity contribution < 1.29 is 9.59 Å². The van der Waals surface area contributed by atoms with Crippen LogP contribution in [0.3, 0.4) is 0 Å². The number of benzene rings is 1. The summed E-state index contributed by atoms with van der Waals surface area (Å²) in [6.07, 6.45) is 2.60. The van der Waals surface area contributed by atoms with Crippen LogP contribution in [0.5, 0.6) is 0 Å². The van der Waals surface area contributed by atoms with Gasteiger partial charge < -0.3 is 20.4 Å². The van der Waals surface area contributed by atoms with Gasteiger partial charge in [0.05, 0.1) is 0 Å². The van der Waals surface area contributed by atoms with E-state index in [4.69, 9.17) is 0 Å². The van der Waals surface area contributed by atoms with Gasteiger partial charge in [0.1, 0.15) is 6.04 Å². The smallest absolute Gasteiger partial charge is 0.318 e. The molecule has 0 bridgehead atoms. The predicted molar refractivity (Wildman–Crippen MR) is 91.4 cm³/mol. The van der Waals surface area contributed by atoms with Crippen LogP contribution in [0.25, 0.3) is 0 Å². The second-order valence-electron chi connectivity index (χ2n) is 6.21. The number of nitrogens with one attached hydrogen (secondary N) is 2. The van der Waals surface area contributed by atoms with Crippen molar-refractivity contribution in [1.82, 2.24) is 15.5 Å². The summed E-state index contributed by atoms with van der Waals surface area (Å²) in [5.41, 5.74) is 2.15. The normalized spacial score (nSPS) is 17.9. The van der Waals surface area contributed by atoms with Crippen LogP contribution in [-0.2, 0) is 11.3 Å². The molecule has 1 unspecified atom stereocenters. The molecule has 6 heteroatoms. The minimum absolute atomic E-state index is 0.0844. The summed E-state index contributed by atoms with van der Waals surface area (Å²) in [6.45, 7) is 1.19. The lowest BCUT2D eigenvalue weighted by Crippen LogP contribution is -2.49. The van der Waals surface area contributed by atoms with Crippen LogP contribution in [0.1, 0.15) is 24.8 Å². The van der Waals surface area contributed by atoms with Crippen molar-refractivity contribution in [1.29, 1.82) is 0 Å². The van der Waals surface area contributed by atoms with Gasteiger partial charge in [0.2, 0.25) is 5.91 Å². The summed E-state index contributed by atoms with van der Waals surface area (Å²) < 4.78 is 0. The van der Waals surface area contributed by atoms with E-state index in [9.17, 15) is 9.59 Å². The summed E-state index contributed by atoms with van der Waals surface area (Å²) >= 11 is 0. The molecule has 6 nitrogen and oxygen atoms in total. The van der Waals surface area contributed by atoms with Gasteiger partial charge in [-0.2, -0.15) is 0 Å². The lowest BCUT2D eigenvalue weighted by Gasteiger charge is -2.22. The molecular formula is C17H26N4O2. The van der Waals surface area contributed by atoms with Gasteiger partial charge in [-0.1, -0.05) is 12.1 Å². The maximum Gasteiger partial charge on any atom is 0.318 e. The Morgan fingerprint density at radius 2 is 2.09 bits per heavy atom. The van der Waals surface area contributed by atoms with Crippen molar-refractivity contribution in [3.05, 3.63) is 29.8 Å². The van der Waals surface area contributed by atoms with Crippen LogP contribution in [0.15, 0.2) is 24.3 Å². The van der Waals surface area contributed by atoms with Crippen molar-refractivity contribution in [2.24, 2.45) is 0 Å². The fourth-order valence-electron chi connectivity index (χ4n) is 2.61. The van der Waals surface area contributed by atoms with E-state index in [0.29, 0.717) is 19.5 Å². The van der Waals surface area contributed by atoms with Gasteiger partial charge in [-0.25, -0.2) is 4.79 Å². The molecule has 1 heterocycles. The molecule has 23 heavy (non-hydrogen) atoms. The fraction of sp³-hybridized carbons (Fsp3) is 0.529. The van der Waals surface area contributed by atoms with Crippen LogP contribution < -0.4 is 15.5 Å². The predicted octanol–water partition coefficient (Wildman–Crippen LogP) is 1.56. The number of nitrogens with zero attached hydrogens (tertiary/aromatic N) is 2. The second kappa shape index (κ2) is 7.85. The van der Waals surface area contributed by atoms with Gasteiger partial charge in [-0.3, -0.25) is 4.79 Å². The number of urea groups is 1. The zero-order chi connectivity index (χ0) is 16.8. The van der Waals surface area contributed by atoms with Crippen LogP contribution >= 0.6 is 0 Å². The molecule has 1 aromatic rings. The van der Waals surface area contributed by atoms with Gasteiger partial charge in [0.15, 0.2) is 0 Å². The average molecular weight is 318 g/mol. The standard InChI is InChI=1S/C17H26N4O2/c1-20(2)14-8-6-7-13(11-14)12-21(3)17(23)19-15-9-4-5-10-18-16(15)22/h6-8,11,15H,4-5,9-10,12H2,1-3H3,(H,18,22)(H,19,23). The molecule has 1 aromatic carbocycles. The summed E-state index contributed by atoms with van der Waals surface area (Å²) in [4.78, 5) is 27.8. The minimum atomic E-state index is -0.430. The molecule has 1 aliphatic rings. The quantitative estimate of drug-likeness (QED) is 0.885. The fourth-order valence-corrected chi connectivity index (χ4v) is 2.61. The zero-order valence-corrected chi connectivity index (χ0v) is 14.1. The Morgan fingerprint density at radius 1 is 1.30 bits per heavy atom. The molecule has 0 saturated carbocycles. The van der Waals surface area contributed by atoms with Gasteiger partial charge in [0.25, 0.3) is 0 Å². The molecule has 1 saturated heterocycles. The van der Waals surface area contributed by atoms with Crippen molar-refractivity contribution in [2.45, 2.75) is 31.8 Å². The molecule has 0 aliphatic carbocycles. The third-order valence-electron chi connectivity index (χ3n) is 4.03. The van der Waals surface area contributed by atoms with Gasteiger partial charge in [-0.05, 0) is 37.0 Å². The van der Waals surface area contributed by atoms with Crippen LogP contribution in [0.4, 0.5) is 10.5 Å². The van der Waals surface area contributed by atoms with E-state index in [2.05, 4.69) is 16.7 Å². The Hall–Kier alpha value is -2.24. The van der Waals surface area contributed by atoms with Crippen molar-refractivity contribution in [3.63, 3.8) is 0 Å². The second-order valence-corrected chi connectivity index (χ2v) is 6.21. The Balaban J connectivity index is 1.94. The summed E-state index contributed by atoms with van der Waals surface area (Å²) in [7, 11) is 5.71. The van der Waals surface area contributed by atoms with Crippen LogP contribution in [0, 0.1) is 0 Å². The number of hydrogen-bond donors (Lipinski definition) is 2. The third-order valence-corrected chi connectivity index (χ3v) is 4.03. The molecule has 1 atom stereocenters. The van der Waals surface area contributed by atoms with Gasteiger partial charge in [0, 0.05) is 39.9 Å². The third kappa shape index (κ3) is 4.87. The maximum atomic E-state index is 12.3. The molecular weight excluding hydrogens is 292 g/mol. The SMILES string of the molecule is CN(Cc1cccc(N(C)C)c1)C(=O)NC1CCCCNC1=O. The van der Waals surface area contributed by atoms with E-state index in [1.807, 2.05) is 37.2 Å². The first-order chi connectivity index (χ1) is 11.0. The van der Waals surface area contributed by atoms with E-state index in [-0.39, 0.29) is 11.9 Å². The highest BCUT2D eigenvalue weighted by Gasteiger charge is 2.23. The van der Waals surface area contributed by atoms with E-state index in [1.54, 1.807) is 11.9 Å². The number of hydrogen-bond acceptors (Lipinski definition) is 3. The summed E-state index contributed by atoms with van der Waals surface area (Å²) in [5, 5.41) is 5.66. The Bertz CT molecular complexity index is 559. The lowest BCUT2D eigenvalue weighted by atomic mass is 10.1. The highest BCUT2D eigenvalue weighted by atomic mass is 16.2. The largest absolute Gasteiger partial charge is 0.378 e. The highest BCUT2D eigenvalue weighted by Crippen LogP contribution is 2.15. The van der Waals surface area contributed by atoms with E-state index in [1.165, 1.54) is 0 Å². The molecule has 1 fully saturated rings. The molecule has 2 N–H and O–H groups in total. The Labute approximate surface area is 137 Å². The Kier molecular flexibility index (Phi) is 5.84. The van der Waals surface area contributed by atoms with Gasteiger partial charge in [-0.15, -0.1) is 0 Å². The first-order valence-electron chi connectivity index (χ1n) is 8.03. The molecule has 126 valence electrons. The molecule has 3 amide bonds. The number of carbonyl (C=O) groups excluding carboxylic acids is 2. The first kappa shape index (κ1) is 17.1. The molecule has 0 spiro atoms. The number of amides is 3. The molecule has 2 rings (SSSR count). The number of anilines is 1. The zero-order valence-electron chi connectivity index (χ0n) is 14.1. The topological polar surface area (TPSA) is 64.7 Å². The van der Waals surface area contributed by atoms with E-state index in [0.717, 1.165) is 24.1 Å². The number of rotatable bonds is 4. The Morgan fingerprint density at radius 3 is 2.83 bits per heavy atom. The average Bonchev–Trinajstić information content (AvgIpc) is 2.72.